The maximum atomic E-state index is 11.8. The van der Waals surface area contributed by atoms with Gasteiger partial charge in [0.25, 0.3) is 10.9 Å². The summed E-state index contributed by atoms with van der Waals surface area (Å²) in [6, 6.07) is 6.22. The van der Waals surface area contributed by atoms with Crippen LogP contribution in [0.15, 0.2) is 27.8 Å². The Balaban J connectivity index is 0.000000451. The molecule has 0 radical (unpaired) electrons. The Kier molecular flexibility index (Phi) is 7.19. The maximum Gasteiger partial charge on any atom is 0.253 e. The van der Waals surface area contributed by atoms with Gasteiger partial charge in [0, 0.05) is 25.3 Å². The Morgan fingerprint density at radius 1 is 1.04 bits per heavy atom. The first-order valence-corrected chi connectivity index (χ1v) is 9.74. The summed E-state index contributed by atoms with van der Waals surface area (Å²) in [6.45, 7) is 12.7. The number of ether oxygens (including phenoxy) is 1. The third kappa shape index (κ3) is 5.67. The molecule has 148 valence electrons. The third-order valence-electron chi connectivity index (χ3n) is 5.05. The molecule has 27 heavy (non-hydrogen) atoms. The Bertz CT molecular complexity index is 821. The fraction of sp³-hybridized carbons (Fsp3) is 0.545. The Morgan fingerprint density at radius 3 is 2.22 bits per heavy atom. The number of nitrogens with one attached hydrogen (secondary N) is 2. The quantitative estimate of drug-likeness (QED) is 0.753. The molecule has 1 heterocycles. The second-order valence-corrected chi connectivity index (χ2v) is 7.87. The lowest BCUT2D eigenvalue weighted by Gasteiger charge is -2.28. The van der Waals surface area contributed by atoms with Crippen molar-refractivity contribution in [1.82, 2.24) is 0 Å². The van der Waals surface area contributed by atoms with Gasteiger partial charge in [-0.1, -0.05) is 30.7 Å². The van der Waals surface area contributed by atoms with E-state index < -0.39 is 10.9 Å². The lowest BCUT2D eigenvalue weighted by atomic mass is 10.00. The minimum Gasteiger partial charge on any atom is -0.381 e. The lowest BCUT2D eigenvalue weighted by molar-refractivity contribution is 0.198. The van der Waals surface area contributed by atoms with Crippen molar-refractivity contribution >= 4 is 11.4 Å². The van der Waals surface area contributed by atoms with E-state index in [2.05, 4.69) is 28.8 Å². The summed E-state index contributed by atoms with van der Waals surface area (Å²) in [4.78, 5) is 23.6. The van der Waals surface area contributed by atoms with Crippen LogP contribution < -0.4 is 21.5 Å². The molecular formula is C22H32N2O3. The number of anilines is 2. The van der Waals surface area contributed by atoms with Gasteiger partial charge in [0.05, 0.1) is 0 Å². The molecule has 0 spiro atoms. The van der Waals surface area contributed by atoms with Gasteiger partial charge in [-0.3, -0.25) is 9.59 Å². The third-order valence-corrected chi connectivity index (χ3v) is 5.05. The zero-order chi connectivity index (χ0) is 20.0. The van der Waals surface area contributed by atoms with Crippen molar-refractivity contribution in [3.63, 3.8) is 0 Å². The van der Waals surface area contributed by atoms with Crippen LogP contribution in [-0.2, 0) is 11.3 Å². The summed E-state index contributed by atoms with van der Waals surface area (Å²) in [6.07, 6.45) is 3.42. The lowest BCUT2D eigenvalue weighted by Crippen LogP contribution is -2.42. The molecule has 1 fully saturated rings. The van der Waals surface area contributed by atoms with Gasteiger partial charge in [-0.25, -0.2) is 0 Å². The second-order valence-electron chi connectivity index (χ2n) is 7.87. The van der Waals surface area contributed by atoms with Crippen LogP contribution in [0.5, 0.6) is 0 Å². The molecular weight excluding hydrogens is 340 g/mol. The van der Waals surface area contributed by atoms with Gasteiger partial charge < -0.3 is 15.4 Å². The molecule has 1 aliphatic rings. The molecule has 0 bridgehead atoms. The zero-order valence-corrected chi connectivity index (χ0v) is 17.2. The van der Waals surface area contributed by atoms with Gasteiger partial charge in [0.1, 0.15) is 11.4 Å². The minimum atomic E-state index is -0.431. The molecule has 2 aromatic carbocycles. The normalized spacial score (nSPS) is 14.0. The smallest absolute Gasteiger partial charge is 0.253 e. The van der Waals surface area contributed by atoms with Crippen LogP contribution in [0.2, 0.25) is 0 Å². The Morgan fingerprint density at radius 2 is 1.67 bits per heavy atom. The Labute approximate surface area is 161 Å². The van der Waals surface area contributed by atoms with E-state index in [1.807, 2.05) is 34.6 Å². The zero-order valence-electron chi connectivity index (χ0n) is 17.2. The standard InChI is InChI=1S/C18H24N2O2.C4H8O/c1-6-18(4,5)20-15-14(16(21)17(15)22)19-10-13-9-11(2)7-8-12(13)3;1-2-4-5-3-1/h7-9,19-20H,6,10H2,1-5H3;1-4H2. The Hall–Kier alpha value is -2.14. The van der Waals surface area contributed by atoms with Crippen LogP contribution in [0.1, 0.15) is 56.7 Å². The molecule has 3 rings (SSSR count). The van der Waals surface area contributed by atoms with Crippen molar-refractivity contribution in [2.24, 2.45) is 0 Å². The molecule has 1 saturated heterocycles. The number of benzene rings is 1. The van der Waals surface area contributed by atoms with Crippen LogP contribution in [0, 0.1) is 13.8 Å². The highest BCUT2D eigenvalue weighted by atomic mass is 16.5. The van der Waals surface area contributed by atoms with Crippen LogP contribution in [0.3, 0.4) is 0 Å². The number of hydrogen-bond donors (Lipinski definition) is 2. The van der Waals surface area contributed by atoms with Gasteiger partial charge in [-0.05, 0) is 58.1 Å². The van der Waals surface area contributed by atoms with Crippen molar-refractivity contribution in [2.75, 3.05) is 23.8 Å². The van der Waals surface area contributed by atoms with Gasteiger partial charge in [-0.2, -0.15) is 0 Å². The second kappa shape index (κ2) is 9.18. The van der Waals surface area contributed by atoms with Crippen LogP contribution >= 0.6 is 0 Å². The van der Waals surface area contributed by atoms with Crippen LogP contribution in [0.4, 0.5) is 11.4 Å². The predicted molar refractivity (Wildman–Crippen MR) is 113 cm³/mol. The van der Waals surface area contributed by atoms with Gasteiger partial charge >= 0.3 is 0 Å². The topological polar surface area (TPSA) is 67.4 Å². The summed E-state index contributed by atoms with van der Waals surface area (Å²) < 4.78 is 4.94. The molecule has 0 amide bonds. The van der Waals surface area contributed by atoms with E-state index in [1.54, 1.807) is 0 Å². The summed E-state index contributed by atoms with van der Waals surface area (Å²) in [5.74, 6) is 0. The molecule has 0 saturated carbocycles. The molecule has 0 unspecified atom stereocenters. The number of rotatable bonds is 6. The van der Waals surface area contributed by atoms with E-state index in [9.17, 15) is 9.59 Å². The van der Waals surface area contributed by atoms with Gasteiger partial charge in [0.15, 0.2) is 0 Å². The summed E-state index contributed by atoms with van der Waals surface area (Å²) in [7, 11) is 0. The molecule has 0 aromatic heterocycles. The highest BCUT2D eigenvalue weighted by Gasteiger charge is 2.25. The predicted octanol–water partition coefficient (Wildman–Crippen LogP) is 3.91. The van der Waals surface area contributed by atoms with E-state index >= 15 is 0 Å². The summed E-state index contributed by atoms with van der Waals surface area (Å²) in [5.41, 5.74) is 3.24. The first kappa shape index (κ1) is 21.2. The monoisotopic (exact) mass is 372 g/mol. The van der Waals surface area contributed by atoms with E-state index in [4.69, 9.17) is 4.74 Å². The van der Waals surface area contributed by atoms with Crippen molar-refractivity contribution in [3.8, 4) is 0 Å². The van der Waals surface area contributed by atoms with Crippen molar-refractivity contribution in [3.05, 3.63) is 55.3 Å². The first-order valence-electron chi connectivity index (χ1n) is 9.74. The van der Waals surface area contributed by atoms with E-state index in [0.717, 1.165) is 25.2 Å². The molecule has 2 aromatic rings. The summed E-state index contributed by atoms with van der Waals surface area (Å²) >= 11 is 0. The minimum absolute atomic E-state index is 0.210. The average Bonchev–Trinajstić information content (AvgIpc) is 3.23. The number of hydrogen-bond acceptors (Lipinski definition) is 5. The highest BCUT2D eigenvalue weighted by Crippen LogP contribution is 2.22. The van der Waals surface area contributed by atoms with Crippen molar-refractivity contribution < 1.29 is 4.74 Å². The molecule has 0 aliphatic carbocycles. The first-order chi connectivity index (χ1) is 12.7. The molecule has 0 atom stereocenters. The summed E-state index contributed by atoms with van der Waals surface area (Å²) in [5, 5.41) is 6.31. The number of aryl methyl sites for hydroxylation is 2. The van der Waals surface area contributed by atoms with Crippen molar-refractivity contribution in [1.29, 1.82) is 0 Å². The van der Waals surface area contributed by atoms with Crippen molar-refractivity contribution in [2.45, 2.75) is 66.0 Å². The SMILES string of the molecule is C1CCOC1.CCC(C)(C)Nc1c(NCc2cc(C)ccc2C)c(=O)c1=O. The largest absolute Gasteiger partial charge is 0.381 e. The molecule has 5 heteroatoms. The maximum absolute atomic E-state index is 11.8. The van der Waals surface area contributed by atoms with E-state index in [-0.39, 0.29) is 5.54 Å². The van der Waals surface area contributed by atoms with Gasteiger partial charge in [-0.15, -0.1) is 0 Å². The molecule has 5 nitrogen and oxygen atoms in total. The van der Waals surface area contributed by atoms with E-state index in [1.165, 1.54) is 24.0 Å². The van der Waals surface area contributed by atoms with Crippen LogP contribution in [0.25, 0.3) is 0 Å². The van der Waals surface area contributed by atoms with Gasteiger partial charge in [0.2, 0.25) is 0 Å². The highest BCUT2D eigenvalue weighted by molar-refractivity contribution is 5.74. The fourth-order valence-electron chi connectivity index (χ4n) is 2.79. The van der Waals surface area contributed by atoms with E-state index in [0.29, 0.717) is 17.9 Å². The average molecular weight is 373 g/mol. The van der Waals surface area contributed by atoms with Crippen LogP contribution in [-0.4, -0.2) is 18.8 Å². The molecule has 1 aliphatic heterocycles. The fourth-order valence-corrected chi connectivity index (χ4v) is 2.79. The molecule has 2 N–H and O–H groups in total.